The highest BCUT2D eigenvalue weighted by atomic mass is 16.3. The van der Waals surface area contributed by atoms with Crippen LogP contribution in [-0.4, -0.2) is 35.2 Å². The van der Waals surface area contributed by atoms with Gasteiger partial charge in [-0.25, -0.2) is 4.99 Å². The number of hydrogen-bond acceptors (Lipinski definition) is 3. The number of nitrogens with one attached hydrogen (secondary N) is 1. The Morgan fingerprint density at radius 1 is 1.00 bits per heavy atom. The summed E-state index contributed by atoms with van der Waals surface area (Å²) >= 11 is 0. The summed E-state index contributed by atoms with van der Waals surface area (Å²) < 4.78 is 0. The van der Waals surface area contributed by atoms with Gasteiger partial charge in [-0.15, -0.1) is 0 Å². The van der Waals surface area contributed by atoms with Crippen LogP contribution in [0.3, 0.4) is 0 Å². The molecule has 1 heterocycles. The zero-order chi connectivity index (χ0) is 20.6. The van der Waals surface area contributed by atoms with Gasteiger partial charge in [-0.3, -0.25) is 4.90 Å². The van der Waals surface area contributed by atoms with E-state index in [1.165, 1.54) is 22.3 Å². The normalized spacial score (nSPS) is 16.2. The molecule has 0 amide bonds. The van der Waals surface area contributed by atoms with Crippen molar-refractivity contribution in [3.8, 4) is 0 Å². The number of benzene rings is 2. The van der Waals surface area contributed by atoms with Crippen LogP contribution in [0, 0.1) is 0 Å². The maximum atomic E-state index is 9.72. The number of nitrogens with zero attached hydrogens (tertiary/aromatic N) is 2. The Kier molecular flexibility index (Phi) is 7.67. The average molecular weight is 395 g/mol. The number of para-hydroxylation sites is 1. The van der Waals surface area contributed by atoms with Crippen LogP contribution in [0.5, 0.6) is 0 Å². The molecule has 1 saturated heterocycles. The topological polar surface area (TPSA) is 73.9 Å². The Labute approximate surface area is 174 Å². The fraction of sp³-hybridized carbons (Fsp3) is 0.458. The van der Waals surface area contributed by atoms with Crippen LogP contribution in [0.15, 0.2) is 47.5 Å². The summed E-state index contributed by atoms with van der Waals surface area (Å²) in [4.78, 5) is 7.04. The van der Waals surface area contributed by atoms with E-state index in [1.807, 2.05) is 0 Å². The number of piperidine rings is 1. The van der Waals surface area contributed by atoms with Gasteiger partial charge in [-0.2, -0.15) is 0 Å². The third-order valence-corrected chi connectivity index (χ3v) is 5.74. The van der Waals surface area contributed by atoms with Crippen molar-refractivity contribution in [1.82, 2.24) is 4.90 Å². The van der Waals surface area contributed by atoms with Gasteiger partial charge in [0, 0.05) is 25.3 Å². The zero-order valence-corrected chi connectivity index (χ0v) is 17.7. The second-order valence-corrected chi connectivity index (χ2v) is 7.76. The summed E-state index contributed by atoms with van der Waals surface area (Å²) in [6.07, 6.45) is 3.48. The second-order valence-electron chi connectivity index (χ2n) is 7.76. The van der Waals surface area contributed by atoms with E-state index in [0.717, 1.165) is 51.0 Å². The molecule has 2 aromatic rings. The van der Waals surface area contributed by atoms with Gasteiger partial charge in [0.1, 0.15) is 0 Å². The van der Waals surface area contributed by atoms with Crippen molar-refractivity contribution in [2.24, 2.45) is 10.7 Å². The lowest BCUT2D eigenvalue weighted by atomic mass is 10.0. The first kappa shape index (κ1) is 21.3. The lowest BCUT2D eigenvalue weighted by molar-refractivity contribution is 0.0791. The number of aliphatic imine (C=N–C) groups is 1. The van der Waals surface area contributed by atoms with Crippen molar-refractivity contribution in [2.75, 3.05) is 18.4 Å². The predicted octanol–water partition coefficient (Wildman–Crippen LogP) is 3.69. The number of aliphatic hydroxyl groups is 1. The van der Waals surface area contributed by atoms with Gasteiger partial charge in [-0.1, -0.05) is 56.3 Å². The van der Waals surface area contributed by atoms with Gasteiger partial charge in [0.05, 0.1) is 12.6 Å². The van der Waals surface area contributed by atoms with Crippen LogP contribution in [0.1, 0.15) is 48.9 Å². The Morgan fingerprint density at radius 2 is 1.59 bits per heavy atom. The smallest absolute Gasteiger partial charge is 0.193 e. The number of nitrogens with two attached hydrogens (primary N) is 1. The molecule has 0 saturated carbocycles. The van der Waals surface area contributed by atoms with Gasteiger partial charge >= 0.3 is 0 Å². The van der Waals surface area contributed by atoms with Gasteiger partial charge < -0.3 is 16.2 Å². The Morgan fingerprint density at radius 3 is 2.21 bits per heavy atom. The van der Waals surface area contributed by atoms with Crippen molar-refractivity contribution < 1.29 is 5.11 Å². The number of likely N-dealkylation sites (tertiary alicyclic amines) is 1. The molecule has 0 atom stereocenters. The van der Waals surface area contributed by atoms with E-state index < -0.39 is 0 Å². The van der Waals surface area contributed by atoms with Crippen molar-refractivity contribution in [2.45, 2.75) is 58.7 Å². The number of anilines is 1. The van der Waals surface area contributed by atoms with Crippen molar-refractivity contribution in [3.63, 3.8) is 0 Å². The van der Waals surface area contributed by atoms with Gasteiger partial charge in [-0.05, 0) is 47.9 Å². The minimum atomic E-state index is -0.143. The van der Waals surface area contributed by atoms with E-state index in [1.54, 1.807) is 0 Å². The van der Waals surface area contributed by atoms with E-state index >= 15 is 0 Å². The monoisotopic (exact) mass is 394 g/mol. The number of aryl methyl sites for hydroxylation is 2. The molecule has 2 aromatic carbocycles. The summed E-state index contributed by atoms with van der Waals surface area (Å²) in [6.45, 7) is 7.64. The summed E-state index contributed by atoms with van der Waals surface area (Å²) in [6, 6.07) is 14.8. The molecular weight excluding hydrogens is 360 g/mol. The molecule has 0 bridgehead atoms. The van der Waals surface area contributed by atoms with Crippen LogP contribution in [0.2, 0.25) is 0 Å². The first-order valence-corrected chi connectivity index (χ1v) is 10.8. The van der Waals surface area contributed by atoms with Gasteiger partial charge in [0.15, 0.2) is 5.96 Å². The first-order valence-electron chi connectivity index (χ1n) is 10.8. The van der Waals surface area contributed by atoms with E-state index in [9.17, 15) is 5.11 Å². The number of guanidine groups is 1. The molecule has 0 aromatic heterocycles. The van der Waals surface area contributed by atoms with E-state index in [2.05, 4.69) is 71.5 Å². The molecule has 0 aliphatic carbocycles. The zero-order valence-electron chi connectivity index (χ0n) is 17.7. The predicted molar refractivity (Wildman–Crippen MR) is 121 cm³/mol. The maximum Gasteiger partial charge on any atom is 0.193 e. The van der Waals surface area contributed by atoms with Gasteiger partial charge in [0.25, 0.3) is 0 Å². The lowest BCUT2D eigenvalue weighted by Crippen LogP contribution is -2.35. The van der Waals surface area contributed by atoms with E-state index in [0.29, 0.717) is 12.5 Å². The molecule has 0 unspecified atom stereocenters. The van der Waals surface area contributed by atoms with E-state index in [4.69, 9.17) is 5.73 Å². The molecule has 0 spiro atoms. The standard InChI is InChI=1S/C24H34N4O/c1-3-18-10-7-11-19(4-2)23(18)27-24(25)26-16-20-8-5-6-9-21(20)17-28-14-12-22(29)13-15-28/h5-11,22,29H,3-4,12-17H2,1-2H3,(H3,25,26,27). The quantitative estimate of drug-likeness (QED) is 0.495. The van der Waals surface area contributed by atoms with Crippen LogP contribution < -0.4 is 11.1 Å². The molecule has 5 nitrogen and oxygen atoms in total. The highest BCUT2D eigenvalue weighted by molar-refractivity contribution is 5.93. The molecule has 4 N–H and O–H groups in total. The molecule has 0 radical (unpaired) electrons. The van der Waals surface area contributed by atoms with E-state index in [-0.39, 0.29) is 6.10 Å². The summed E-state index contributed by atoms with van der Waals surface area (Å²) in [7, 11) is 0. The molecule has 1 aliphatic rings. The third-order valence-electron chi connectivity index (χ3n) is 5.74. The van der Waals surface area contributed by atoms with Crippen LogP contribution >= 0.6 is 0 Å². The van der Waals surface area contributed by atoms with Crippen molar-refractivity contribution in [1.29, 1.82) is 0 Å². The minimum Gasteiger partial charge on any atom is -0.393 e. The highest BCUT2D eigenvalue weighted by Crippen LogP contribution is 2.22. The molecule has 1 fully saturated rings. The summed E-state index contributed by atoms with van der Waals surface area (Å²) in [5.41, 5.74) is 12.3. The summed E-state index contributed by atoms with van der Waals surface area (Å²) in [5, 5.41) is 13.1. The molecule has 1 aliphatic heterocycles. The molecule has 3 rings (SSSR count). The first-order chi connectivity index (χ1) is 14.1. The number of hydrogen-bond donors (Lipinski definition) is 3. The highest BCUT2D eigenvalue weighted by Gasteiger charge is 2.17. The fourth-order valence-electron chi connectivity index (χ4n) is 3.93. The fourth-order valence-corrected chi connectivity index (χ4v) is 3.93. The van der Waals surface area contributed by atoms with Crippen LogP contribution in [-0.2, 0) is 25.9 Å². The molecule has 29 heavy (non-hydrogen) atoms. The SMILES string of the molecule is CCc1cccc(CC)c1NC(N)=NCc1ccccc1CN1CCC(O)CC1. The summed E-state index contributed by atoms with van der Waals surface area (Å²) in [5.74, 6) is 0.455. The Hall–Kier alpha value is -2.37. The molecule has 5 heteroatoms. The third kappa shape index (κ3) is 5.81. The van der Waals surface area contributed by atoms with Crippen molar-refractivity contribution >= 4 is 11.6 Å². The molecule has 156 valence electrons. The number of aliphatic hydroxyl groups excluding tert-OH is 1. The number of rotatable bonds is 7. The van der Waals surface area contributed by atoms with Crippen LogP contribution in [0.4, 0.5) is 5.69 Å². The average Bonchev–Trinajstić information content (AvgIpc) is 2.75. The second kappa shape index (κ2) is 10.4. The minimum absolute atomic E-state index is 0.143. The maximum absolute atomic E-state index is 9.72. The lowest BCUT2D eigenvalue weighted by Gasteiger charge is -2.30. The molecular formula is C24H34N4O. The van der Waals surface area contributed by atoms with Gasteiger partial charge in [0.2, 0.25) is 0 Å². The van der Waals surface area contributed by atoms with Crippen molar-refractivity contribution in [3.05, 3.63) is 64.7 Å². The Bertz CT molecular complexity index is 803. The van der Waals surface area contributed by atoms with Crippen LogP contribution in [0.25, 0.3) is 0 Å². The Balaban J connectivity index is 1.69. The largest absolute Gasteiger partial charge is 0.393 e.